The maximum absolute atomic E-state index is 11.0. The minimum atomic E-state index is -3.05. The SMILES string of the molecule is CC(C)(C)c1nnsc1C(O)CCS(C)(=O)=O. The zero-order chi connectivity index (χ0) is 13.3. The first kappa shape index (κ1) is 14.5. The molecule has 0 bridgehead atoms. The van der Waals surface area contributed by atoms with E-state index < -0.39 is 15.9 Å². The molecule has 1 unspecified atom stereocenters. The molecule has 0 aliphatic rings. The number of hydrogen-bond donors (Lipinski definition) is 1. The Bertz CT molecular complexity index is 474. The van der Waals surface area contributed by atoms with Crippen molar-refractivity contribution in [2.24, 2.45) is 0 Å². The van der Waals surface area contributed by atoms with Crippen molar-refractivity contribution < 1.29 is 13.5 Å². The zero-order valence-electron chi connectivity index (χ0n) is 10.5. The number of aromatic nitrogens is 2. The van der Waals surface area contributed by atoms with Crippen LogP contribution in [0, 0.1) is 0 Å². The second kappa shape index (κ2) is 4.99. The van der Waals surface area contributed by atoms with Crippen LogP contribution in [0.1, 0.15) is 43.9 Å². The van der Waals surface area contributed by atoms with Gasteiger partial charge in [-0.25, -0.2) is 8.42 Å². The molecular weight excluding hydrogens is 260 g/mol. The summed E-state index contributed by atoms with van der Waals surface area (Å²) < 4.78 is 25.9. The third kappa shape index (κ3) is 4.33. The molecule has 0 spiro atoms. The summed E-state index contributed by atoms with van der Waals surface area (Å²) >= 11 is 1.13. The highest BCUT2D eigenvalue weighted by molar-refractivity contribution is 7.90. The molecule has 0 radical (unpaired) electrons. The molecule has 1 heterocycles. The van der Waals surface area contributed by atoms with Gasteiger partial charge in [0.05, 0.1) is 22.4 Å². The normalized spacial score (nSPS) is 14.9. The lowest BCUT2D eigenvalue weighted by molar-refractivity contribution is 0.175. The Morgan fingerprint density at radius 3 is 2.47 bits per heavy atom. The van der Waals surface area contributed by atoms with E-state index in [4.69, 9.17) is 0 Å². The molecule has 17 heavy (non-hydrogen) atoms. The van der Waals surface area contributed by atoms with Gasteiger partial charge in [-0.2, -0.15) is 0 Å². The summed E-state index contributed by atoms with van der Waals surface area (Å²) in [6.45, 7) is 5.95. The first-order valence-corrected chi connectivity index (χ1v) is 8.13. The van der Waals surface area contributed by atoms with Gasteiger partial charge in [-0.05, 0) is 18.0 Å². The van der Waals surface area contributed by atoms with Crippen LogP contribution < -0.4 is 0 Å². The summed E-state index contributed by atoms with van der Waals surface area (Å²) in [6.07, 6.45) is 0.542. The third-order valence-electron chi connectivity index (χ3n) is 2.29. The molecule has 1 aromatic heterocycles. The highest BCUT2D eigenvalue weighted by Gasteiger charge is 2.26. The summed E-state index contributed by atoms with van der Waals surface area (Å²) in [5, 5.41) is 14.0. The highest BCUT2D eigenvalue weighted by Crippen LogP contribution is 2.31. The average molecular weight is 278 g/mol. The zero-order valence-corrected chi connectivity index (χ0v) is 12.1. The van der Waals surface area contributed by atoms with Gasteiger partial charge < -0.3 is 5.11 Å². The van der Waals surface area contributed by atoms with Crippen LogP contribution in [0.5, 0.6) is 0 Å². The van der Waals surface area contributed by atoms with E-state index in [0.29, 0.717) is 4.88 Å². The Labute approximate surface area is 106 Å². The van der Waals surface area contributed by atoms with Crippen molar-refractivity contribution in [3.8, 4) is 0 Å². The molecule has 1 aromatic rings. The topological polar surface area (TPSA) is 80.2 Å². The Kier molecular flexibility index (Phi) is 4.27. The van der Waals surface area contributed by atoms with Gasteiger partial charge in [-0.1, -0.05) is 25.3 Å². The summed E-state index contributed by atoms with van der Waals surface area (Å²) in [5.74, 6) is -0.0321. The van der Waals surface area contributed by atoms with E-state index in [1.165, 1.54) is 0 Å². The Morgan fingerprint density at radius 2 is 2.00 bits per heavy atom. The summed E-state index contributed by atoms with van der Waals surface area (Å²) in [7, 11) is -3.05. The molecular formula is C10H18N2O3S2. The second-order valence-electron chi connectivity index (χ2n) is 5.17. The van der Waals surface area contributed by atoms with Crippen LogP contribution in [0.4, 0.5) is 0 Å². The standard InChI is InChI=1S/C10H18N2O3S2/c1-10(2,3)9-8(16-12-11-9)7(13)5-6-17(4,14)15/h7,13H,5-6H2,1-4H3. The number of rotatable bonds is 4. The Morgan fingerprint density at radius 1 is 1.41 bits per heavy atom. The van der Waals surface area contributed by atoms with Gasteiger partial charge in [0.2, 0.25) is 0 Å². The van der Waals surface area contributed by atoms with E-state index >= 15 is 0 Å². The molecule has 0 saturated carbocycles. The van der Waals surface area contributed by atoms with Crippen LogP contribution in [-0.2, 0) is 15.3 Å². The summed E-state index contributed by atoms with van der Waals surface area (Å²) in [5.41, 5.74) is 0.539. The molecule has 0 aromatic carbocycles. The first-order chi connectivity index (χ1) is 7.61. The fraction of sp³-hybridized carbons (Fsp3) is 0.800. The Balaban J connectivity index is 2.83. The molecule has 98 valence electrons. The fourth-order valence-corrected chi connectivity index (χ4v) is 2.93. The lowest BCUT2D eigenvalue weighted by atomic mass is 9.90. The lowest BCUT2D eigenvalue weighted by Crippen LogP contribution is -2.16. The number of nitrogens with zero attached hydrogens (tertiary/aromatic N) is 2. The smallest absolute Gasteiger partial charge is 0.147 e. The van der Waals surface area contributed by atoms with Crippen LogP contribution in [0.3, 0.4) is 0 Å². The molecule has 0 fully saturated rings. The van der Waals surface area contributed by atoms with E-state index in [0.717, 1.165) is 23.5 Å². The molecule has 1 atom stereocenters. The molecule has 0 saturated heterocycles. The van der Waals surface area contributed by atoms with Gasteiger partial charge in [0, 0.05) is 11.7 Å². The van der Waals surface area contributed by atoms with E-state index in [1.807, 2.05) is 20.8 Å². The second-order valence-corrected chi connectivity index (χ2v) is 8.22. The van der Waals surface area contributed by atoms with Crippen LogP contribution in [0.2, 0.25) is 0 Å². The molecule has 7 heteroatoms. The molecule has 0 aliphatic carbocycles. The predicted molar refractivity (Wildman–Crippen MR) is 67.9 cm³/mol. The molecule has 5 nitrogen and oxygen atoms in total. The van der Waals surface area contributed by atoms with Gasteiger partial charge in [-0.15, -0.1) is 5.10 Å². The van der Waals surface area contributed by atoms with Crippen LogP contribution in [0.25, 0.3) is 0 Å². The maximum Gasteiger partial charge on any atom is 0.147 e. The number of sulfone groups is 1. The number of hydrogen-bond acceptors (Lipinski definition) is 6. The number of aliphatic hydroxyl groups excluding tert-OH is 1. The maximum atomic E-state index is 11.0. The van der Waals surface area contributed by atoms with Crippen molar-refractivity contribution >= 4 is 21.4 Å². The number of aliphatic hydroxyl groups is 1. The van der Waals surface area contributed by atoms with E-state index in [-0.39, 0.29) is 17.6 Å². The third-order valence-corrected chi connectivity index (χ3v) is 4.09. The Hall–Kier alpha value is -0.530. The monoisotopic (exact) mass is 278 g/mol. The van der Waals surface area contributed by atoms with Crippen LogP contribution >= 0.6 is 11.5 Å². The van der Waals surface area contributed by atoms with Gasteiger partial charge >= 0.3 is 0 Å². The van der Waals surface area contributed by atoms with Crippen molar-refractivity contribution in [1.29, 1.82) is 0 Å². The summed E-state index contributed by atoms with van der Waals surface area (Å²) in [6, 6.07) is 0. The van der Waals surface area contributed by atoms with Crippen molar-refractivity contribution in [2.75, 3.05) is 12.0 Å². The predicted octanol–water partition coefficient (Wildman–Crippen LogP) is 1.30. The minimum Gasteiger partial charge on any atom is -0.387 e. The van der Waals surface area contributed by atoms with Crippen molar-refractivity contribution in [3.05, 3.63) is 10.6 Å². The highest BCUT2D eigenvalue weighted by atomic mass is 32.2. The van der Waals surface area contributed by atoms with E-state index in [1.54, 1.807) is 0 Å². The van der Waals surface area contributed by atoms with Crippen molar-refractivity contribution in [2.45, 2.75) is 38.7 Å². The fourth-order valence-electron chi connectivity index (χ4n) is 1.39. The molecule has 0 amide bonds. The van der Waals surface area contributed by atoms with Crippen molar-refractivity contribution in [3.63, 3.8) is 0 Å². The van der Waals surface area contributed by atoms with Crippen LogP contribution in [0.15, 0.2) is 0 Å². The van der Waals surface area contributed by atoms with E-state index in [9.17, 15) is 13.5 Å². The van der Waals surface area contributed by atoms with Gasteiger partial charge in [0.25, 0.3) is 0 Å². The first-order valence-electron chi connectivity index (χ1n) is 5.30. The van der Waals surface area contributed by atoms with Crippen molar-refractivity contribution in [1.82, 2.24) is 9.59 Å². The average Bonchev–Trinajstić information content (AvgIpc) is 2.60. The van der Waals surface area contributed by atoms with Gasteiger partial charge in [0.15, 0.2) is 0 Å². The molecule has 1 rings (SSSR count). The van der Waals surface area contributed by atoms with E-state index in [2.05, 4.69) is 9.59 Å². The van der Waals surface area contributed by atoms with Crippen LogP contribution in [-0.4, -0.2) is 35.1 Å². The molecule has 0 aliphatic heterocycles. The lowest BCUT2D eigenvalue weighted by Gasteiger charge is -2.18. The van der Waals surface area contributed by atoms with Gasteiger partial charge in [0.1, 0.15) is 9.84 Å². The quantitative estimate of drug-likeness (QED) is 0.898. The van der Waals surface area contributed by atoms with Gasteiger partial charge in [-0.3, -0.25) is 0 Å². The summed E-state index contributed by atoms with van der Waals surface area (Å²) in [4.78, 5) is 0.668. The molecule has 1 N–H and O–H groups in total. The minimum absolute atomic E-state index is 0.0321. The largest absolute Gasteiger partial charge is 0.387 e.